The van der Waals surface area contributed by atoms with Crippen molar-refractivity contribution in [2.75, 3.05) is 4.90 Å². The van der Waals surface area contributed by atoms with Gasteiger partial charge >= 0.3 is 0 Å². The van der Waals surface area contributed by atoms with Gasteiger partial charge in [0.1, 0.15) is 11.2 Å². The molecule has 3 aliphatic rings. The van der Waals surface area contributed by atoms with Gasteiger partial charge < -0.3 is 9.32 Å². The fraction of sp³-hybridized carbons (Fsp3) is 0.0690. The maximum atomic E-state index is 6.65. The monoisotopic (exact) mass is 765 g/mol. The lowest BCUT2D eigenvalue weighted by Crippen LogP contribution is -2.26. The van der Waals surface area contributed by atoms with Gasteiger partial charge in [-0.2, -0.15) is 0 Å². The van der Waals surface area contributed by atoms with E-state index in [0.717, 1.165) is 39.0 Å². The quantitative estimate of drug-likeness (QED) is 0.177. The van der Waals surface area contributed by atoms with Gasteiger partial charge in [-0.25, -0.2) is 0 Å². The molecule has 282 valence electrons. The van der Waals surface area contributed by atoms with Crippen LogP contribution in [0.15, 0.2) is 205 Å². The predicted molar refractivity (Wildman–Crippen MR) is 248 cm³/mol. The zero-order valence-corrected chi connectivity index (χ0v) is 33.4. The van der Waals surface area contributed by atoms with Crippen LogP contribution in [0.3, 0.4) is 0 Å². The Hall–Kier alpha value is -7.42. The van der Waals surface area contributed by atoms with E-state index >= 15 is 0 Å². The summed E-state index contributed by atoms with van der Waals surface area (Å²) in [6.45, 7) is 4.79. The molecule has 0 radical (unpaired) electrons. The molecule has 2 nitrogen and oxygen atoms in total. The van der Waals surface area contributed by atoms with Crippen LogP contribution < -0.4 is 4.90 Å². The minimum absolute atomic E-state index is 0.242. The van der Waals surface area contributed by atoms with Gasteiger partial charge in [-0.3, -0.25) is 0 Å². The minimum Gasteiger partial charge on any atom is -0.456 e. The summed E-state index contributed by atoms with van der Waals surface area (Å²) in [5, 5.41) is 2.25. The Balaban J connectivity index is 1.16. The molecule has 10 aromatic rings. The molecular formula is C58H39NO. The summed E-state index contributed by atoms with van der Waals surface area (Å²) in [6, 6.07) is 74.1. The highest BCUT2D eigenvalue weighted by Gasteiger charge is 2.52. The zero-order chi connectivity index (χ0) is 39.7. The summed E-state index contributed by atoms with van der Waals surface area (Å²) >= 11 is 0. The molecule has 2 heteroatoms. The number of nitrogens with zero attached hydrogens (tertiary/aromatic N) is 1. The number of furan rings is 1. The smallest absolute Gasteiger partial charge is 0.137 e. The maximum absolute atomic E-state index is 6.65. The Kier molecular flexibility index (Phi) is 6.74. The molecule has 1 spiro atoms. The number of hydrogen-bond acceptors (Lipinski definition) is 2. The fourth-order valence-electron chi connectivity index (χ4n) is 11.5. The molecule has 60 heavy (non-hydrogen) atoms. The molecule has 0 atom stereocenters. The molecule has 1 aromatic heterocycles. The van der Waals surface area contributed by atoms with Crippen LogP contribution in [0.5, 0.6) is 0 Å². The van der Waals surface area contributed by atoms with Crippen LogP contribution in [0.4, 0.5) is 17.1 Å². The van der Waals surface area contributed by atoms with E-state index in [1.54, 1.807) is 0 Å². The topological polar surface area (TPSA) is 16.4 Å². The predicted octanol–water partition coefficient (Wildman–Crippen LogP) is 15.4. The van der Waals surface area contributed by atoms with Gasteiger partial charge in [0.05, 0.1) is 16.8 Å². The average molecular weight is 766 g/mol. The SMILES string of the molecule is CC1(C)c2ccccc2-c2c(N(c3ccc4c(c3)oc3ccccc34)c3cccc4c3-c3ccccc3C43c4ccccc4-c4ccccc43)ccc(-c3ccccc3)c21. The summed E-state index contributed by atoms with van der Waals surface area (Å²) in [5.74, 6) is 0. The van der Waals surface area contributed by atoms with Gasteiger partial charge in [-0.15, -0.1) is 0 Å². The third-order valence-electron chi connectivity index (χ3n) is 13.9. The Labute approximate surface area is 349 Å². The molecule has 13 rings (SSSR count). The second-order valence-electron chi connectivity index (χ2n) is 17.1. The number of rotatable bonds is 4. The second-order valence-corrected chi connectivity index (χ2v) is 17.1. The van der Waals surface area contributed by atoms with Gasteiger partial charge in [-0.1, -0.05) is 178 Å². The number of para-hydroxylation sites is 1. The lowest BCUT2D eigenvalue weighted by Gasteiger charge is -2.33. The summed E-state index contributed by atoms with van der Waals surface area (Å²) in [6.07, 6.45) is 0. The van der Waals surface area contributed by atoms with E-state index in [-0.39, 0.29) is 5.41 Å². The van der Waals surface area contributed by atoms with Crippen LogP contribution in [-0.4, -0.2) is 0 Å². The first kappa shape index (κ1) is 33.5. The molecular weight excluding hydrogens is 727 g/mol. The Bertz CT molecular complexity index is 3380. The standard InChI is InChI=1S/C58H39NO/c1-57(2)45-24-11-8-22-43(45)55-51(34-33-38(56(55)57)36-17-4-3-5-18-36)59(37-31-32-42-41-21-10-15-30-52(41)60-53(42)35-37)50-29-16-28-49-54(50)44-23-9-14-27-48(44)58(49)46-25-12-6-19-39(46)40-20-7-13-26-47(40)58/h3-35H,1-2H3. The summed E-state index contributed by atoms with van der Waals surface area (Å²) < 4.78 is 6.65. The maximum Gasteiger partial charge on any atom is 0.137 e. The van der Waals surface area contributed by atoms with Crippen molar-refractivity contribution in [3.05, 3.63) is 234 Å². The van der Waals surface area contributed by atoms with Crippen LogP contribution in [-0.2, 0) is 10.8 Å². The lowest BCUT2D eigenvalue weighted by atomic mass is 9.70. The second kappa shape index (κ2) is 12.1. The molecule has 0 saturated carbocycles. The third-order valence-corrected chi connectivity index (χ3v) is 13.9. The summed E-state index contributed by atoms with van der Waals surface area (Å²) in [5.41, 5.74) is 22.6. The fourth-order valence-corrected chi connectivity index (χ4v) is 11.5. The molecule has 0 bridgehead atoms. The highest BCUT2D eigenvalue weighted by molar-refractivity contribution is 6.08. The molecule has 0 N–H and O–H groups in total. The van der Waals surface area contributed by atoms with Gasteiger partial charge in [0.25, 0.3) is 0 Å². The van der Waals surface area contributed by atoms with E-state index < -0.39 is 5.41 Å². The van der Waals surface area contributed by atoms with Gasteiger partial charge in [0, 0.05) is 39.1 Å². The molecule has 0 unspecified atom stereocenters. The van der Waals surface area contributed by atoms with Crippen LogP contribution in [0.2, 0.25) is 0 Å². The highest BCUT2D eigenvalue weighted by atomic mass is 16.3. The molecule has 9 aromatic carbocycles. The average Bonchev–Trinajstić information content (AvgIpc) is 3.99. The van der Waals surface area contributed by atoms with Crippen LogP contribution >= 0.6 is 0 Å². The first-order valence-corrected chi connectivity index (χ1v) is 21.0. The molecule has 0 aliphatic heterocycles. The largest absolute Gasteiger partial charge is 0.456 e. The van der Waals surface area contributed by atoms with Crippen molar-refractivity contribution in [3.8, 4) is 44.5 Å². The summed E-state index contributed by atoms with van der Waals surface area (Å²) in [7, 11) is 0. The van der Waals surface area contributed by atoms with Crippen molar-refractivity contribution >= 4 is 39.0 Å². The van der Waals surface area contributed by atoms with Gasteiger partial charge in [0.15, 0.2) is 0 Å². The van der Waals surface area contributed by atoms with Crippen molar-refractivity contribution in [2.24, 2.45) is 0 Å². The number of anilines is 3. The van der Waals surface area contributed by atoms with E-state index in [2.05, 4.69) is 219 Å². The van der Waals surface area contributed by atoms with E-state index in [4.69, 9.17) is 4.42 Å². The molecule has 3 aliphatic carbocycles. The van der Waals surface area contributed by atoms with E-state index in [1.165, 1.54) is 77.9 Å². The number of fused-ring (bicyclic) bond motifs is 16. The summed E-state index contributed by atoms with van der Waals surface area (Å²) in [4.78, 5) is 2.54. The van der Waals surface area contributed by atoms with Crippen molar-refractivity contribution in [3.63, 3.8) is 0 Å². The normalized spacial score (nSPS) is 14.4. The van der Waals surface area contributed by atoms with E-state index in [0.29, 0.717) is 0 Å². The Morgan fingerprint density at radius 3 is 1.67 bits per heavy atom. The van der Waals surface area contributed by atoms with Crippen LogP contribution in [0.25, 0.3) is 66.4 Å². The van der Waals surface area contributed by atoms with Crippen molar-refractivity contribution in [1.82, 2.24) is 0 Å². The first-order valence-electron chi connectivity index (χ1n) is 21.0. The number of hydrogen-bond donors (Lipinski definition) is 0. The van der Waals surface area contributed by atoms with E-state index in [1.807, 2.05) is 0 Å². The van der Waals surface area contributed by atoms with Crippen molar-refractivity contribution < 1.29 is 4.42 Å². The van der Waals surface area contributed by atoms with E-state index in [9.17, 15) is 0 Å². The van der Waals surface area contributed by atoms with Crippen molar-refractivity contribution in [1.29, 1.82) is 0 Å². The molecule has 0 amide bonds. The van der Waals surface area contributed by atoms with Crippen LogP contribution in [0.1, 0.15) is 47.2 Å². The first-order chi connectivity index (χ1) is 29.5. The Morgan fingerprint density at radius 1 is 0.383 bits per heavy atom. The van der Waals surface area contributed by atoms with Gasteiger partial charge in [0.2, 0.25) is 0 Å². The minimum atomic E-state index is -0.461. The van der Waals surface area contributed by atoms with Gasteiger partial charge in [-0.05, 0) is 97.1 Å². The van der Waals surface area contributed by atoms with Crippen molar-refractivity contribution in [2.45, 2.75) is 24.7 Å². The molecule has 1 heterocycles. The molecule has 0 saturated heterocycles. The number of benzene rings is 9. The lowest BCUT2D eigenvalue weighted by molar-refractivity contribution is 0.662. The Morgan fingerprint density at radius 2 is 0.933 bits per heavy atom. The highest BCUT2D eigenvalue weighted by Crippen LogP contribution is 2.65. The van der Waals surface area contributed by atoms with Crippen LogP contribution in [0, 0.1) is 0 Å². The zero-order valence-electron chi connectivity index (χ0n) is 33.4. The molecule has 0 fully saturated rings. The third kappa shape index (κ3) is 4.22.